The van der Waals surface area contributed by atoms with E-state index in [2.05, 4.69) is 45.7 Å². The van der Waals surface area contributed by atoms with Gasteiger partial charge >= 0.3 is 0 Å². The number of hydrogen-bond acceptors (Lipinski definition) is 2. The fraction of sp³-hybridized carbons (Fsp3) is 0.360. The van der Waals surface area contributed by atoms with Crippen LogP contribution in [0.25, 0.3) is 0 Å². The molecule has 2 aromatic heterocycles. The summed E-state index contributed by atoms with van der Waals surface area (Å²) >= 11 is 12.0. The number of aryl methyl sites for hydroxylation is 1. The Morgan fingerprint density at radius 1 is 1.06 bits per heavy atom. The maximum Gasteiger partial charge on any atom is 0.174 e. The normalized spacial score (nSPS) is 21.6. The van der Waals surface area contributed by atoms with Crippen molar-refractivity contribution in [1.29, 1.82) is 0 Å². The van der Waals surface area contributed by atoms with Gasteiger partial charge in [-0.15, -0.1) is 0 Å². The molecule has 1 saturated carbocycles. The third-order valence-corrected chi connectivity index (χ3v) is 7.30. The molecular formula is C25H27ClN4S. The van der Waals surface area contributed by atoms with Gasteiger partial charge in [0.05, 0.1) is 17.8 Å². The molecule has 0 unspecified atom stereocenters. The summed E-state index contributed by atoms with van der Waals surface area (Å²) in [6.07, 6.45) is 7.02. The molecule has 0 bridgehead atoms. The highest BCUT2D eigenvalue weighted by atomic mass is 35.5. The minimum Gasteiger partial charge on any atom is -0.351 e. The Bertz CT molecular complexity index is 1090. The average molecular weight is 451 g/mol. The van der Waals surface area contributed by atoms with Crippen LogP contribution in [0.1, 0.15) is 66.5 Å². The first-order chi connectivity index (χ1) is 15.0. The van der Waals surface area contributed by atoms with Crippen molar-refractivity contribution in [2.24, 2.45) is 0 Å². The molecule has 4 nitrogen and oxygen atoms in total. The molecule has 160 valence electrons. The predicted molar refractivity (Wildman–Crippen MR) is 131 cm³/mol. The highest BCUT2D eigenvalue weighted by Gasteiger charge is 2.42. The van der Waals surface area contributed by atoms with Crippen molar-refractivity contribution >= 4 is 34.6 Å². The van der Waals surface area contributed by atoms with Crippen molar-refractivity contribution < 1.29 is 0 Å². The smallest absolute Gasteiger partial charge is 0.174 e. The quantitative estimate of drug-likeness (QED) is 0.463. The highest BCUT2D eigenvalue weighted by molar-refractivity contribution is 7.80. The van der Waals surface area contributed by atoms with E-state index in [0.29, 0.717) is 11.2 Å². The van der Waals surface area contributed by atoms with Gasteiger partial charge in [0, 0.05) is 34.3 Å². The molecule has 0 amide bonds. The molecule has 2 fully saturated rings. The van der Waals surface area contributed by atoms with E-state index >= 15 is 0 Å². The van der Waals surface area contributed by atoms with Gasteiger partial charge in [0.2, 0.25) is 0 Å². The predicted octanol–water partition coefficient (Wildman–Crippen LogP) is 6.45. The summed E-state index contributed by atoms with van der Waals surface area (Å²) in [4.78, 5) is 6.90. The summed E-state index contributed by atoms with van der Waals surface area (Å²) in [5.74, 6) is 0. The summed E-state index contributed by atoms with van der Waals surface area (Å²) < 4.78 is 2.55. The van der Waals surface area contributed by atoms with E-state index in [9.17, 15) is 0 Å². The Hall–Kier alpha value is -2.37. The Morgan fingerprint density at radius 3 is 2.48 bits per heavy atom. The first-order valence-electron chi connectivity index (χ1n) is 11.0. The Kier molecular flexibility index (Phi) is 5.49. The van der Waals surface area contributed by atoms with Crippen LogP contribution in [0.2, 0.25) is 5.02 Å². The molecule has 3 heterocycles. The number of hydrogen-bond donors (Lipinski definition) is 1. The van der Waals surface area contributed by atoms with Crippen LogP contribution in [0.5, 0.6) is 0 Å². The third kappa shape index (κ3) is 3.64. The number of anilines is 1. The molecule has 6 heteroatoms. The molecule has 1 N–H and O–H groups in total. The van der Waals surface area contributed by atoms with Crippen molar-refractivity contribution in [3.05, 3.63) is 82.4 Å². The molecular weight excluding hydrogens is 424 g/mol. The summed E-state index contributed by atoms with van der Waals surface area (Å²) in [5.41, 5.74) is 6.00. The lowest BCUT2D eigenvalue weighted by Crippen LogP contribution is -2.29. The zero-order valence-corrected chi connectivity index (χ0v) is 19.5. The van der Waals surface area contributed by atoms with Crippen LogP contribution in [-0.2, 0) is 0 Å². The monoisotopic (exact) mass is 450 g/mol. The third-order valence-electron chi connectivity index (χ3n) is 6.73. The molecule has 1 aliphatic carbocycles. The second-order valence-corrected chi connectivity index (χ2v) is 9.43. The molecule has 3 aromatic rings. The average Bonchev–Trinajstić information content (AvgIpc) is 3.47. The zero-order valence-electron chi connectivity index (χ0n) is 17.9. The number of thiocarbonyl (C=S) groups is 1. The minimum absolute atomic E-state index is 0.0185. The number of nitrogens with one attached hydrogen (secondary N) is 1. The Balaban J connectivity index is 1.64. The maximum absolute atomic E-state index is 6.17. The van der Waals surface area contributed by atoms with E-state index in [-0.39, 0.29) is 12.1 Å². The van der Waals surface area contributed by atoms with Gasteiger partial charge in [-0.2, -0.15) is 0 Å². The van der Waals surface area contributed by atoms with E-state index in [1.165, 1.54) is 42.6 Å². The lowest BCUT2D eigenvalue weighted by atomic mass is 9.96. The molecule has 31 heavy (non-hydrogen) atoms. The first kappa shape index (κ1) is 20.5. The zero-order chi connectivity index (χ0) is 21.5. The van der Waals surface area contributed by atoms with Crippen molar-refractivity contribution in [1.82, 2.24) is 14.9 Å². The van der Waals surface area contributed by atoms with Gasteiger partial charge in [0.1, 0.15) is 0 Å². The van der Waals surface area contributed by atoms with Gasteiger partial charge in [0.25, 0.3) is 0 Å². The van der Waals surface area contributed by atoms with Crippen LogP contribution in [0.15, 0.2) is 54.7 Å². The molecule has 1 aliphatic heterocycles. The lowest BCUT2D eigenvalue weighted by molar-refractivity contribution is 0.494. The van der Waals surface area contributed by atoms with Crippen molar-refractivity contribution in [3.63, 3.8) is 0 Å². The van der Waals surface area contributed by atoms with Gasteiger partial charge < -0.3 is 14.8 Å². The van der Waals surface area contributed by atoms with E-state index in [0.717, 1.165) is 16.4 Å². The van der Waals surface area contributed by atoms with Crippen LogP contribution in [0.4, 0.5) is 5.69 Å². The SMILES string of the molecule is Cc1cc([C@H]2[C@H](c3ccccn3)NC(=S)N2c2ccc(Cl)cc2)c(C)n1C1CCCC1. The van der Waals surface area contributed by atoms with Crippen molar-refractivity contribution in [3.8, 4) is 0 Å². The van der Waals surface area contributed by atoms with Crippen molar-refractivity contribution in [2.45, 2.75) is 57.7 Å². The molecule has 5 rings (SSSR count). The van der Waals surface area contributed by atoms with Gasteiger partial charge in [-0.25, -0.2) is 0 Å². The molecule has 1 saturated heterocycles. The number of benzene rings is 1. The lowest BCUT2D eigenvalue weighted by Gasteiger charge is -2.28. The Morgan fingerprint density at radius 2 is 1.81 bits per heavy atom. The minimum atomic E-state index is -0.0260. The van der Waals surface area contributed by atoms with Crippen LogP contribution >= 0.6 is 23.8 Å². The molecule has 2 aliphatic rings. The number of halogens is 1. The topological polar surface area (TPSA) is 33.1 Å². The number of nitrogens with zero attached hydrogens (tertiary/aromatic N) is 3. The fourth-order valence-electron chi connectivity index (χ4n) is 5.38. The van der Waals surface area contributed by atoms with Gasteiger partial charge in [-0.3, -0.25) is 4.98 Å². The number of rotatable bonds is 4. The molecule has 0 radical (unpaired) electrons. The summed E-state index contributed by atoms with van der Waals surface area (Å²) in [5, 5.41) is 5.00. The number of pyridine rings is 1. The van der Waals surface area contributed by atoms with Crippen molar-refractivity contribution in [2.75, 3.05) is 4.90 Å². The van der Waals surface area contributed by atoms with E-state index in [1.54, 1.807) is 0 Å². The largest absolute Gasteiger partial charge is 0.351 e. The van der Waals surface area contributed by atoms with Crippen LogP contribution < -0.4 is 10.2 Å². The number of aromatic nitrogens is 2. The van der Waals surface area contributed by atoms with E-state index in [4.69, 9.17) is 23.8 Å². The van der Waals surface area contributed by atoms with Crippen LogP contribution in [0.3, 0.4) is 0 Å². The van der Waals surface area contributed by atoms with Gasteiger partial charge in [0.15, 0.2) is 5.11 Å². The molecule has 2 atom stereocenters. The summed E-state index contributed by atoms with van der Waals surface area (Å²) in [6, 6.07) is 17.0. The maximum atomic E-state index is 6.17. The summed E-state index contributed by atoms with van der Waals surface area (Å²) in [7, 11) is 0. The standard InChI is InChI=1S/C25H27ClN4S/c1-16-15-21(17(2)29(16)19-7-3-4-8-19)24-23(22-9-5-6-14-27-22)28-25(31)30(24)20-12-10-18(26)11-13-20/h5-6,9-15,19,23-24H,3-4,7-8H2,1-2H3,(H,28,31)/t23-,24-/m0/s1. The van der Waals surface area contributed by atoms with Crippen LogP contribution in [0, 0.1) is 13.8 Å². The molecule has 0 spiro atoms. The first-order valence-corrected chi connectivity index (χ1v) is 11.8. The van der Waals surface area contributed by atoms with E-state index < -0.39 is 0 Å². The second kappa shape index (κ2) is 8.29. The molecule has 1 aromatic carbocycles. The van der Waals surface area contributed by atoms with Gasteiger partial charge in [-0.1, -0.05) is 30.5 Å². The fourth-order valence-corrected chi connectivity index (χ4v) is 5.85. The Labute approximate surface area is 194 Å². The van der Waals surface area contributed by atoms with Gasteiger partial charge in [-0.05, 0) is 86.9 Å². The van der Waals surface area contributed by atoms with E-state index in [1.807, 2.05) is 42.6 Å². The second-order valence-electron chi connectivity index (χ2n) is 8.61. The summed E-state index contributed by atoms with van der Waals surface area (Å²) in [6.45, 7) is 4.50. The van der Waals surface area contributed by atoms with Crippen LogP contribution in [-0.4, -0.2) is 14.7 Å². The highest BCUT2D eigenvalue weighted by Crippen LogP contribution is 2.44.